The van der Waals surface area contributed by atoms with E-state index in [0.29, 0.717) is 45.1 Å². The second-order valence-corrected chi connectivity index (χ2v) is 11.0. The molecular weight excluding hydrogens is 508 g/mol. The van der Waals surface area contributed by atoms with E-state index in [-0.39, 0.29) is 22.6 Å². The van der Waals surface area contributed by atoms with Crippen molar-refractivity contribution in [2.45, 2.75) is 36.5 Å². The van der Waals surface area contributed by atoms with Crippen LogP contribution >= 0.6 is 0 Å². The Morgan fingerprint density at radius 1 is 0.641 bits per heavy atom. The average molecular weight is 537 g/mol. The molecule has 0 heterocycles. The lowest BCUT2D eigenvalue weighted by atomic mass is 9.99. The maximum atomic E-state index is 14.5. The van der Waals surface area contributed by atoms with Gasteiger partial charge in [-0.2, -0.15) is 0 Å². The van der Waals surface area contributed by atoms with Crippen molar-refractivity contribution >= 4 is 21.2 Å². The maximum Gasteiger partial charge on any atom is 0.204 e. The van der Waals surface area contributed by atoms with Crippen LogP contribution in [0.25, 0.3) is 9.69 Å². The van der Waals surface area contributed by atoms with Gasteiger partial charge in [-0.1, -0.05) is 48.5 Å². The fraction of sp³-hybridized carbons (Fsp3) is 0.188. The summed E-state index contributed by atoms with van der Waals surface area (Å²) in [5.41, 5.74) is 4.32. The van der Waals surface area contributed by atoms with Gasteiger partial charge in [0.15, 0.2) is 11.4 Å². The molecule has 0 unspecified atom stereocenters. The average Bonchev–Trinajstić information content (AvgIpc) is 2.93. The molecule has 39 heavy (non-hydrogen) atoms. The largest absolute Gasteiger partial charge is 0.496 e. The monoisotopic (exact) mass is 536 g/mol. The topological polar surface area (TPSA) is 61.3 Å². The van der Waals surface area contributed by atoms with Crippen molar-refractivity contribution in [3.05, 3.63) is 129 Å². The van der Waals surface area contributed by atoms with E-state index in [0.717, 1.165) is 11.1 Å². The molecule has 0 N–H and O–H groups in total. The lowest BCUT2D eigenvalue weighted by Crippen LogP contribution is -2.11. The third-order valence-electron chi connectivity index (χ3n) is 6.81. The van der Waals surface area contributed by atoms with Crippen molar-refractivity contribution in [3.63, 3.8) is 0 Å². The first kappa shape index (κ1) is 27.4. The molecule has 0 aliphatic heterocycles. The number of sulfone groups is 1. The Balaban J connectivity index is 1.98. The fourth-order valence-corrected chi connectivity index (χ4v) is 6.54. The van der Waals surface area contributed by atoms with E-state index in [4.69, 9.17) is 22.6 Å². The van der Waals surface area contributed by atoms with E-state index in [1.807, 2.05) is 48.5 Å². The number of nitrogens with zero attached hydrogens (tertiary/aromatic N) is 2. The molecule has 4 rings (SSSR count). The summed E-state index contributed by atoms with van der Waals surface area (Å²) in [6, 6.07) is 21.2. The van der Waals surface area contributed by atoms with Gasteiger partial charge in [-0.15, -0.1) is 0 Å². The van der Waals surface area contributed by atoms with E-state index in [9.17, 15) is 8.42 Å². The highest BCUT2D eigenvalue weighted by Crippen LogP contribution is 2.40. The number of hydrogen-bond acceptors (Lipinski definition) is 4. The Bertz CT molecular complexity index is 1620. The van der Waals surface area contributed by atoms with Gasteiger partial charge in [0, 0.05) is 0 Å². The number of hydrogen-bond donors (Lipinski definition) is 0. The zero-order valence-electron chi connectivity index (χ0n) is 22.3. The number of benzene rings is 4. The smallest absolute Gasteiger partial charge is 0.204 e. The zero-order valence-corrected chi connectivity index (χ0v) is 23.1. The van der Waals surface area contributed by atoms with E-state index < -0.39 is 9.84 Å². The van der Waals surface area contributed by atoms with Crippen LogP contribution in [0.1, 0.15) is 33.4 Å². The first-order valence-corrected chi connectivity index (χ1v) is 13.7. The van der Waals surface area contributed by atoms with Gasteiger partial charge >= 0.3 is 0 Å². The molecule has 0 aromatic heterocycles. The molecule has 0 bridgehead atoms. The molecule has 0 aliphatic carbocycles. The summed E-state index contributed by atoms with van der Waals surface area (Å²) in [4.78, 5) is 7.55. The zero-order chi connectivity index (χ0) is 28.2. The Morgan fingerprint density at radius 2 is 1.03 bits per heavy atom. The molecule has 7 heteroatoms. The molecule has 0 spiro atoms. The number of methoxy groups -OCH3 is 2. The molecule has 196 valence electrons. The third-order valence-corrected chi connectivity index (χ3v) is 8.73. The molecule has 6 nitrogen and oxygen atoms in total. The van der Waals surface area contributed by atoms with Gasteiger partial charge in [0.25, 0.3) is 0 Å². The molecule has 0 saturated carbocycles. The van der Waals surface area contributed by atoms with Gasteiger partial charge in [0.05, 0.1) is 37.2 Å². The minimum absolute atomic E-state index is 0.0473. The Morgan fingerprint density at radius 3 is 1.38 bits per heavy atom. The summed E-state index contributed by atoms with van der Waals surface area (Å²) in [5.74, 6) is 1.22. The summed E-state index contributed by atoms with van der Waals surface area (Å²) in [6.07, 6.45) is 0.392. The van der Waals surface area contributed by atoms with Gasteiger partial charge in [-0.05, 0) is 84.3 Å². The highest BCUT2D eigenvalue weighted by molar-refractivity contribution is 7.91. The van der Waals surface area contributed by atoms with E-state index in [1.54, 1.807) is 52.3 Å². The first-order chi connectivity index (χ1) is 18.8. The molecule has 0 fully saturated rings. The summed E-state index contributed by atoms with van der Waals surface area (Å²) >= 11 is 0. The first-order valence-electron chi connectivity index (χ1n) is 12.3. The highest BCUT2D eigenvalue weighted by Gasteiger charge is 2.29. The van der Waals surface area contributed by atoms with Crippen molar-refractivity contribution in [2.24, 2.45) is 0 Å². The van der Waals surface area contributed by atoms with Gasteiger partial charge < -0.3 is 9.47 Å². The van der Waals surface area contributed by atoms with Gasteiger partial charge in [-0.3, -0.25) is 0 Å². The number of rotatable bonds is 8. The lowest BCUT2D eigenvalue weighted by Gasteiger charge is -2.19. The van der Waals surface area contributed by atoms with Crippen LogP contribution in [0, 0.1) is 27.0 Å². The van der Waals surface area contributed by atoms with Crippen LogP contribution in [-0.4, -0.2) is 22.6 Å². The summed E-state index contributed by atoms with van der Waals surface area (Å²) < 4.78 is 39.9. The number of aryl methyl sites for hydroxylation is 2. The predicted octanol–water partition coefficient (Wildman–Crippen LogP) is 7.44. The minimum atomic E-state index is -4.15. The fourth-order valence-electron chi connectivity index (χ4n) is 4.82. The Kier molecular flexibility index (Phi) is 8.04. The number of ether oxygens (including phenoxy) is 2. The van der Waals surface area contributed by atoms with Gasteiger partial charge in [0.2, 0.25) is 9.84 Å². The van der Waals surface area contributed by atoms with Gasteiger partial charge in [0.1, 0.15) is 11.5 Å². The van der Waals surface area contributed by atoms with Crippen LogP contribution in [0.3, 0.4) is 0 Å². The third kappa shape index (κ3) is 5.23. The molecule has 0 saturated heterocycles. The molecule has 4 aromatic rings. The standard InChI is InChI=1S/C32H28N2O4S/c1-21-15-17-29(25(31(21)33-3)19-23-11-7-9-13-27(23)37-5)39(35,36)30-18-16-22(2)32(34-4)26(30)20-24-12-8-10-14-28(24)38-6/h7-18H,19-20H2,1-2,5-6H3. The highest BCUT2D eigenvalue weighted by atomic mass is 32.2. The van der Waals surface area contributed by atoms with Crippen LogP contribution < -0.4 is 9.47 Å². The van der Waals surface area contributed by atoms with Crippen LogP contribution in [-0.2, 0) is 22.7 Å². The molecule has 0 radical (unpaired) electrons. The van der Waals surface area contributed by atoms with Crippen molar-refractivity contribution in [1.82, 2.24) is 0 Å². The SMILES string of the molecule is [C-]#[N+]c1c(C)ccc(S(=O)(=O)c2ccc(C)c([N+]#[C-])c2Cc2ccccc2OC)c1Cc1ccccc1OC. The van der Waals surface area contributed by atoms with Crippen LogP contribution in [0.5, 0.6) is 11.5 Å². The molecule has 0 amide bonds. The molecule has 4 aromatic carbocycles. The van der Waals surface area contributed by atoms with E-state index >= 15 is 0 Å². The second-order valence-electron chi connectivity index (χ2n) is 9.12. The Hall–Kier alpha value is -4.59. The van der Waals surface area contributed by atoms with E-state index in [1.165, 1.54) is 0 Å². The Labute approximate surface area is 230 Å². The summed E-state index contributed by atoms with van der Waals surface area (Å²) in [7, 11) is -1.03. The maximum absolute atomic E-state index is 14.5. The number of para-hydroxylation sites is 2. The van der Waals surface area contributed by atoms with Crippen molar-refractivity contribution < 1.29 is 17.9 Å². The normalized spacial score (nSPS) is 10.9. The minimum Gasteiger partial charge on any atom is -0.496 e. The quantitative estimate of drug-likeness (QED) is 0.220. The molecule has 0 aliphatic rings. The summed E-state index contributed by atoms with van der Waals surface area (Å²) in [5, 5.41) is 0. The van der Waals surface area contributed by atoms with Gasteiger partial charge in [-0.25, -0.2) is 18.1 Å². The predicted molar refractivity (Wildman–Crippen MR) is 152 cm³/mol. The van der Waals surface area contributed by atoms with Crippen LogP contribution in [0.2, 0.25) is 0 Å². The second kappa shape index (κ2) is 11.4. The van der Waals surface area contributed by atoms with Crippen molar-refractivity contribution in [2.75, 3.05) is 14.2 Å². The molecular formula is C32H28N2O4S. The summed E-state index contributed by atoms with van der Waals surface area (Å²) in [6.45, 7) is 19.3. The van der Waals surface area contributed by atoms with E-state index in [2.05, 4.69) is 9.69 Å². The van der Waals surface area contributed by atoms with Crippen LogP contribution in [0.4, 0.5) is 11.4 Å². The molecule has 0 atom stereocenters. The van der Waals surface area contributed by atoms with Crippen LogP contribution in [0.15, 0.2) is 82.6 Å². The lowest BCUT2D eigenvalue weighted by molar-refractivity contribution is 0.410. The van der Waals surface area contributed by atoms with Crippen molar-refractivity contribution in [3.8, 4) is 11.5 Å². The van der Waals surface area contributed by atoms with Crippen molar-refractivity contribution in [1.29, 1.82) is 0 Å².